The average molecular weight is 240 g/mol. The maximum absolute atomic E-state index is 3.76. The van der Waals surface area contributed by atoms with Crippen molar-refractivity contribution in [3.63, 3.8) is 0 Å². The number of hydrogen-bond acceptors (Lipinski definition) is 1. The van der Waals surface area contributed by atoms with Crippen LogP contribution < -0.4 is 5.32 Å². The molecule has 0 amide bonds. The second-order valence-corrected chi connectivity index (χ2v) is 3.82. The highest BCUT2D eigenvalue weighted by Gasteiger charge is 2.26. The molecule has 1 nitrogen and oxygen atoms in total. The van der Waals surface area contributed by atoms with E-state index in [-0.39, 0.29) is 17.9 Å². The quantitative estimate of drug-likeness (QED) is 0.743. The molecule has 0 bridgehead atoms. The topological polar surface area (TPSA) is 12.0 Å². The van der Waals surface area contributed by atoms with Crippen LogP contribution in [0.15, 0.2) is 43.0 Å². The van der Waals surface area contributed by atoms with Gasteiger partial charge >= 0.3 is 0 Å². The normalized spacial score (nSPS) is 10.6. The van der Waals surface area contributed by atoms with Crippen LogP contribution >= 0.6 is 12.4 Å². The van der Waals surface area contributed by atoms with Crippen LogP contribution in [0.4, 0.5) is 0 Å². The van der Waals surface area contributed by atoms with Crippen LogP contribution in [0.5, 0.6) is 0 Å². The Morgan fingerprint density at radius 3 is 2.19 bits per heavy atom. The van der Waals surface area contributed by atoms with Gasteiger partial charge in [-0.15, -0.1) is 19.0 Å². The summed E-state index contributed by atoms with van der Waals surface area (Å²) in [5.41, 5.74) is 1.48. The first-order valence-electron chi connectivity index (χ1n) is 5.70. The monoisotopic (exact) mass is 239 g/mol. The van der Waals surface area contributed by atoms with Crippen LogP contribution in [-0.4, -0.2) is 6.54 Å². The van der Waals surface area contributed by atoms with Crippen molar-refractivity contribution in [3.8, 4) is 0 Å². The maximum atomic E-state index is 3.76. The van der Waals surface area contributed by atoms with Gasteiger partial charge in [0.15, 0.2) is 0 Å². The minimum atomic E-state index is 0. The first kappa shape index (κ1) is 15.2. The van der Waals surface area contributed by atoms with Gasteiger partial charge in [0.2, 0.25) is 0 Å². The number of rotatable bonds is 6. The number of halogens is 1. The number of benzene rings is 1. The molecule has 0 unspecified atom stereocenters. The zero-order valence-electron chi connectivity index (χ0n) is 10.2. The molecule has 1 N–H and O–H groups in total. The van der Waals surface area contributed by atoms with Crippen LogP contribution in [0, 0.1) is 0 Å². The Hall–Kier alpha value is -0.790. The minimum Gasteiger partial charge on any atom is -0.304 e. The van der Waals surface area contributed by atoms with Crippen molar-refractivity contribution >= 4 is 12.4 Å². The Kier molecular flexibility index (Phi) is 7.11. The Morgan fingerprint density at radius 1 is 1.19 bits per heavy atom. The SMILES string of the molecule is C=CCNC(CC)(CC)c1ccccc1.Cl. The maximum Gasteiger partial charge on any atom is 0.0431 e. The van der Waals surface area contributed by atoms with Gasteiger partial charge in [0.05, 0.1) is 0 Å². The fourth-order valence-corrected chi connectivity index (χ4v) is 2.04. The highest BCUT2D eigenvalue weighted by atomic mass is 35.5. The second-order valence-electron chi connectivity index (χ2n) is 3.82. The summed E-state index contributed by atoms with van der Waals surface area (Å²) in [7, 11) is 0. The molecule has 1 aromatic carbocycles. The third-order valence-corrected chi connectivity index (χ3v) is 3.12. The first-order chi connectivity index (χ1) is 7.29. The average Bonchev–Trinajstić information content (AvgIpc) is 2.33. The molecule has 1 aromatic rings. The van der Waals surface area contributed by atoms with E-state index < -0.39 is 0 Å². The molecule has 0 spiro atoms. The second kappa shape index (κ2) is 7.48. The Morgan fingerprint density at radius 2 is 1.75 bits per heavy atom. The van der Waals surface area contributed by atoms with Gasteiger partial charge < -0.3 is 5.32 Å². The van der Waals surface area contributed by atoms with Crippen molar-refractivity contribution in [1.82, 2.24) is 5.32 Å². The molecule has 0 aliphatic rings. The van der Waals surface area contributed by atoms with Crippen molar-refractivity contribution in [2.45, 2.75) is 32.2 Å². The van der Waals surface area contributed by atoms with Gasteiger partial charge in [-0.3, -0.25) is 0 Å². The number of hydrogen-bond donors (Lipinski definition) is 1. The van der Waals surface area contributed by atoms with E-state index in [4.69, 9.17) is 0 Å². The lowest BCUT2D eigenvalue weighted by atomic mass is 9.84. The third-order valence-electron chi connectivity index (χ3n) is 3.12. The fourth-order valence-electron chi connectivity index (χ4n) is 2.04. The summed E-state index contributed by atoms with van der Waals surface area (Å²) in [5.74, 6) is 0. The molecule has 0 fully saturated rings. The van der Waals surface area contributed by atoms with E-state index in [9.17, 15) is 0 Å². The lowest BCUT2D eigenvalue weighted by Crippen LogP contribution is -2.41. The van der Waals surface area contributed by atoms with E-state index in [0.29, 0.717) is 0 Å². The van der Waals surface area contributed by atoms with Gasteiger partial charge in [0, 0.05) is 12.1 Å². The number of nitrogens with one attached hydrogen (secondary N) is 1. The summed E-state index contributed by atoms with van der Waals surface area (Å²) < 4.78 is 0. The van der Waals surface area contributed by atoms with Crippen molar-refractivity contribution in [2.24, 2.45) is 0 Å². The van der Waals surface area contributed by atoms with Crippen LogP contribution in [0.3, 0.4) is 0 Å². The molecule has 0 radical (unpaired) electrons. The van der Waals surface area contributed by atoms with Gasteiger partial charge in [0.1, 0.15) is 0 Å². The molecule has 0 saturated heterocycles. The molecule has 0 atom stereocenters. The van der Waals surface area contributed by atoms with Gasteiger partial charge in [-0.25, -0.2) is 0 Å². The highest BCUT2D eigenvalue weighted by Crippen LogP contribution is 2.28. The minimum absolute atomic E-state index is 0. The summed E-state index contributed by atoms with van der Waals surface area (Å²) in [6.45, 7) is 9.08. The van der Waals surface area contributed by atoms with Crippen LogP contribution in [0.2, 0.25) is 0 Å². The first-order valence-corrected chi connectivity index (χ1v) is 5.70. The van der Waals surface area contributed by atoms with Crippen molar-refractivity contribution in [1.29, 1.82) is 0 Å². The molecule has 16 heavy (non-hydrogen) atoms. The summed E-state index contributed by atoms with van der Waals surface area (Å²) in [6, 6.07) is 10.7. The molecule has 0 saturated carbocycles. The van der Waals surface area contributed by atoms with E-state index in [2.05, 4.69) is 56.1 Å². The van der Waals surface area contributed by atoms with Gasteiger partial charge in [-0.1, -0.05) is 50.3 Å². The van der Waals surface area contributed by atoms with E-state index in [0.717, 1.165) is 19.4 Å². The van der Waals surface area contributed by atoms with Gasteiger partial charge in [-0.05, 0) is 18.4 Å². The predicted molar refractivity (Wildman–Crippen MR) is 74.1 cm³/mol. The standard InChI is InChI=1S/C14H21N.ClH/c1-4-12-15-14(5-2,6-3)13-10-8-7-9-11-13;/h4,7-11,15H,1,5-6,12H2,2-3H3;1H. The predicted octanol–water partition coefficient (Wildman–Crippen LogP) is 3.90. The van der Waals surface area contributed by atoms with E-state index >= 15 is 0 Å². The molecule has 0 heterocycles. The summed E-state index contributed by atoms with van der Waals surface area (Å²) in [6.07, 6.45) is 4.12. The Balaban J connectivity index is 0.00000225. The van der Waals surface area contributed by atoms with Crippen LogP contribution in [0.25, 0.3) is 0 Å². The lowest BCUT2D eigenvalue weighted by Gasteiger charge is -2.33. The summed E-state index contributed by atoms with van der Waals surface area (Å²) in [4.78, 5) is 0. The third kappa shape index (κ3) is 3.36. The van der Waals surface area contributed by atoms with E-state index in [1.165, 1.54) is 5.56 Å². The van der Waals surface area contributed by atoms with E-state index in [1.807, 2.05) is 6.08 Å². The van der Waals surface area contributed by atoms with Crippen LogP contribution in [0.1, 0.15) is 32.3 Å². The summed E-state index contributed by atoms with van der Waals surface area (Å²) in [5, 5.41) is 3.58. The Labute approximate surface area is 105 Å². The lowest BCUT2D eigenvalue weighted by molar-refractivity contribution is 0.322. The van der Waals surface area contributed by atoms with Gasteiger partial charge in [0.25, 0.3) is 0 Å². The highest BCUT2D eigenvalue weighted by molar-refractivity contribution is 5.85. The molecule has 0 aliphatic heterocycles. The van der Waals surface area contributed by atoms with Crippen molar-refractivity contribution in [3.05, 3.63) is 48.6 Å². The zero-order chi connectivity index (χ0) is 11.1. The largest absolute Gasteiger partial charge is 0.304 e. The Bertz CT molecular complexity index is 291. The zero-order valence-corrected chi connectivity index (χ0v) is 11.0. The molecule has 0 aromatic heterocycles. The fraction of sp³-hybridized carbons (Fsp3) is 0.429. The van der Waals surface area contributed by atoms with E-state index in [1.54, 1.807) is 0 Å². The molecule has 2 heteroatoms. The summed E-state index contributed by atoms with van der Waals surface area (Å²) >= 11 is 0. The molecule has 90 valence electrons. The van der Waals surface area contributed by atoms with Crippen molar-refractivity contribution < 1.29 is 0 Å². The smallest absolute Gasteiger partial charge is 0.0431 e. The molecule has 1 rings (SSSR count). The van der Waals surface area contributed by atoms with Gasteiger partial charge in [-0.2, -0.15) is 0 Å². The molecular formula is C14H22ClN. The molecule has 0 aliphatic carbocycles. The van der Waals surface area contributed by atoms with Crippen molar-refractivity contribution in [2.75, 3.05) is 6.54 Å². The van der Waals surface area contributed by atoms with Crippen LogP contribution in [-0.2, 0) is 5.54 Å². The molecular weight excluding hydrogens is 218 g/mol.